The Hall–Kier alpha value is -2.82. The molecule has 2 aliphatic rings. The molecule has 16 heteroatoms. The Morgan fingerprint density at radius 3 is 2.26 bits per heavy atom. The van der Waals surface area contributed by atoms with Crippen LogP contribution in [0.3, 0.4) is 0 Å². The van der Waals surface area contributed by atoms with Gasteiger partial charge in [0.25, 0.3) is 0 Å². The lowest BCUT2D eigenvalue weighted by Gasteiger charge is -2.53. The van der Waals surface area contributed by atoms with Gasteiger partial charge in [0.15, 0.2) is 0 Å². The van der Waals surface area contributed by atoms with E-state index in [0.717, 1.165) is 49.8 Å². The highest BCUT2D eigenvalue weighted by Crippen LogP contribution is 2.36. The van der Waals surface area contributed by atoms with E-state index in [1.807, 2.05) is 25.4 Å². The Morgan fingerprint density at radius 2 is 1.79 bits per heavy atom. The summed E-state index contributed by atoms with van der Waals surface area (Å²) in [6.45, 7) is 6.35. The van der Waals surface area contributed by atoms with Crippen LogP contribution in [0, 0.1) is 6.92 Å². The third kappa shape index (κ3) is 10.5. The number of carboxylic acid groups (broad SMARTS) is 2. The van der Waals surface area contributed by atoms with Gasteiger partial charge >= 0.3 is 24.3 Å². The molecular formula is C22H25F6N3O6S. The third-order valence-electron chi connectivity index (χ3n) is 5.22. The van der Waals surface area contributed by atoms with E-state index in [2.05, 4.69) is 26.3 Å². The molecule has 0 radical (unpaired) electrons. The zero-order valence-corrected chi connectivity index (χ0v) is 20.8. The summed E-state index contributed by atoms with van der Waals surface area (Å²) in [5, 5.41) is 17.4. The number of aryl methyl sites for hydroxylation is 1. The van der Waals surface area contributed by atoms with Gasteiger partial charge in [-0.05, 0) is 25.0 Å². The predicted octanol–water partition coefficient (Wildman–Crippen LogP) is 4.06. The molecule has 9 nitrogen and oxygen atoms in total. The largest absolute Gasteiger partial charge is 0.490 e. The maximum absolute atomic E-state index is 10.6. The maximum Gasteiger partial charge on any atom is 0.490 e. The zero-order chi connectivity index (χ0) is 28.6. The number of hydrogen-bond acceptors (Lipinski definition) is 8. The number of carbonyl (C=O) groups is 2. The molecule has 2 aromatic heterocycles. The van der Waals surface area contributed by atoms with Gasteiger partial charge in [-0.1, -0.05) is 6.07 Å². The molecule has 0 amide bonds. The highest BCUT2D eigenvalue weighted by Gasteiger charge is 2.47. The summed E-state index contributed by atoms with van der Waals surface area (Å²) in [6, 6.07) is 4.12. The summed E-state index contributed by atoms with van der Waals surface area (Å²) in [6.07, 6.45) is -4.17. The zero-order valence-electron chi connectivity index (χ0n) is 20.0. The van der Waals surface area contributed by atoms with Crippen molar-refractivity contribution in [1.82, 2.24) is 14.9 Å². The van der Waals surface area contributed by atoms with Crippen LogP contribution in [0.1, 0.15) is 29.1 Å². The Bertz CT molecular complexity index is 1020. The fraction of sp³-hybridized carbons (Fsp3) is 0.545. The van der Waals surface area contributed by atoms with Crippen molar-refractivity contribution in [1.29, 1.82) is 0 Å². The molecule has 0 aromatic carbocycles. The van der Waals surface area contributed by atoms with E-state index in [1.165, 1.54) is 5.56 Å². The number of nitrogens with zero attached hydrogens (tertiary/aromatic N) is 3. The molecule has 4 heterocycles. The van der Waals surface area contributed by atoms with Crippen molar-refractivity contribution in [3.05, 3.63) is 46.2 Å². The number of likely N-dealkylation sites (tertiary alicyclic amines) is 1. The second-order valence-electron chi connectivity index (χ2n) is 8.43. The lowest BCUT2D eigenvalue weighted by atomic mass is 9.84. The van der Waals surface area contributed by atoms with Crippen molar-refractivity contribution in [2.45, 2.75) is 57.0 Å². The second-order valence-corrected chi connectivity index (χ2v) is 9.49. The lowest BCUT2D eigenvalue weighted by Crippen LogP contribution is -2.65. The van der Waals surface area contributed by atoms with E-state index < -0.39 is 24.3 Å². The molecule has 38 heavy (non-hydrogen) atoms. The molecule has 0 aliphatic carbocycles. The van der Waals surface area contributed by atoms with E-state index in [0.29, 0.717) is 6.61 Å². The van der Waals surface area contributed by atoms with Crippen LogP contribution in [0.25, 0.3) is 0 Å². The van der Waals surface area contributed by atoms with Crippen molar-refractivity contribution in [2.75, 3.05) is 19.7 Å². The number of aliphatic carboxylic acids is 2. The number of hydrogen-bond donors (Lipinski definition) is 2. The number of pyridine rings is 1. The van der Waals surface area contributed by atoms with Crippen LogP contribution in [0.5, 0.6) is 0 Å². The van der Waals surface area contributed by atoms with Crippen molar-refractivity contribution >= 4 is 23.3 Å². The van der Waals surface area contributed by atoms with Gasteiger partial charge < -0.3 is 19.7 Å². The number of thiazole rings is 1. The molecule has 1 unspecified atom stereocenters. The minimum Gasteiger partial charge on any atom is -0.475 e. The molecule has 2 aliphatic heterocycles. The number of alkyl halides is 6. The molecular weight excluding hydrogens is 548 g/mol. The van der Waals surface area contributed by atoms with E-state index in [4.69, 9.17) is 29.3 Å². The second kappa shape index (κ2) is 13.3. The summed E-state index contributed by atoms with van der Waals surface area (Å²) >= 11 is 1.68. The van der Waals surface area contributed by atoms with Gasteiger partial charge in [-0.15, -0.1) is 11.3 Å². The number of aromatic nitrogens is 2. The first-order chi connectivity index (χ1) is 17.6. The Labute approximate surface area is 217 Å². The summed E-state index contributed by atoms with van der Waals surface area (Å²) in [7, 11) is 0. The third-order valence-corrected chi connectivity index (χ3v) is 6.04. The van der Waals surface area contributed by atoms with Crippen LogP contribution in [0.15, 0.2) is 29.9 Å². The molecule has 4 rings (SSSR count). The minimum absolute atomic E-state index is 0.0108. The number of carboxylic acids is 2. The van der Waals surface area contributed by atoms with Crippen LogP contribution >= 0.6 is 11.3 Å². The molecule has 2 aromatic rings. The smallest absolute Gasteiger partial charge is 0.475 e. The van der Waals surface area contributed by atoms with Crippen molar-refractivity contribution in [2.24, 2.45) is 0 Å². The average molecular weight is 574 g/mol. The molecule has 0 bridgehead atoms. The standard InChI is InChI=1S/C18H23N3O2S.2C2HF3O2/c1-14-20-16(11-24-14)10-22-17-4-6-23-18(7-17)12-21(13-18)9-15-3-2-5-19-8-15;2*3-2(4,5)1(6)7/h2-3,5,8,11,17H,4,6-7,9-10,12-13H2,1H3;2*(H,6,7). The van der Waals surface area contributed by atoms with Crippen LogP contribution < -0.4 is 0 Å². The van der Waals surface area contributed by atoms with Gasteiger partial charge in [0.1, 0.15) is 0 Å². The molecule has 1 atom stereocenters. The molecule has 0 saturated carbocycles. The average Bonchev–Trinajstić information content (AvgIpc) is 3.22. The monoisotopic (exact) mass is 573 g/mol. The van der Waals surface area contributed by atoms with Crippen LogP contribution in [0.2, 0.25) is 0 Å². The first kappa shape index (κ1) is 31.4. The quantitative estimate of drug-likeness (QED) is 0.510. The van der Waals surface area contributed by atoms with Gasteiger partial charge in [0.05, 0.1) is 29.0 Å². The SMILES string of the molecule is Cc1nc(COC2CCOC3(C2)CN(Cc2cccnc2)C3)cs1.O=C(O)C(F)(F)F.O=C(O)C(F)(F)F. The number of rotatable bonds is 5. The van der Waals surface area contributed by atoms with Crippen LogP contribution in [0.4, 0.5) is 26.3 Å². The number of ether oxygens (including phenoxy) is 2. The Kier molecular flexibility index (Phi) is 11.0. The van der Waals surface area contributed by atoms with Gasteiger partial charge in [0.2, 0.25) is 0 Å². The fourth-order valence-electron chi connectivity index (χ4n) is 3.65. The predicted molar refractivity (Wildman–Crippen MR) is 120 cm³/mol. The summed E-state index contributed by atoms with van der Waals surface area (Å²) in [5.41, 5.74) is 2.29. The summed E-state index contributed by atoms with van der Waals surface area (Å²) < 4.78 is 75.7. The van der Waals surface area contributed by atoms with Gasteiger partial charge in [-0.2, -0.15) is 26.3 Å². The lowest BCUT2D eigenvalue weighted by molar-refractivity contribution is -0.200. The van der Waals surface area contributed by atoms with Crippen molar-refractivity contribution in [3.8, 4) is 0 Å². The molecule has 2 saturated heterocycles. The minimum atomic E-state index is -5.08. The normalized spacial score (nSPS) is 18.9. The summed E-state index contributed by atoms with van der Waals surface area (Å²) in [4.78, 5) is 28.9. The molecule has 1 spiro atoms. The van der Waals surface area contributed by atoms with Crippen LogP contribution in [-0.2, 0) is 32.2 Å². The van der Waals surface area contributed by atoms with Crippen molar-refractivity contribution < 1.29 is 55.6 Å². The topological polar surface area (TPSA) is 122 Å². The van der Waals surface area contributed by atoms with E-state index in [1.54, 1.807) is 11.3 Å². The first-order valence-electron chi connectivity index (χ1n) is 11.0. The van der Waals surface area contributed by atoms with Crippen molar-refractivity contribution in [3.63, 3.8) is 0 Å². The molecule has 2 N–H and O–H groups in total. The van der Waals surface area contributed by atoms with Crippen LogP contribution in [-0.4, -0.2) is 80.8 Å². The first-order valence-corrected chi connectivity index (χ1v) is 11.9. The van der Waals surface area contributed by atoms with Gasteiger partial charge in [0, 0.05) is 50.4 Å². The molecule has 212 valence electrons. The number of halogens is 6. The summed E-state index contributed by atoms with van der Waals surface area (Å²) in [5.74, 6) is -5.51. The Balaban J connectivity index is 0.000000301. The van der Waals surface area contributed by atoms with Gasteiger partial charge in [-0.25, -0.2) is 14.6 Å². The molecule has 2 fully saturated rings. The van der Waals surface area contributed by atoms with E-state index in [9.17, 15) is 26.3 Å². The van der Waals surface area contributed by atoms with E-state index in [-0.39, 0.29) is 11.7 Å². The highest BCUT2D eigenvalue weighted by atomic mass is 32.1. The maximum atomic E-state index is 10.6. The highest BCUT2D eigenvalue weighted by molar-refractivity contribution is 7.09. The Morgan fingerprint density at radius 1 is 1.18 bits per heavy atom. The van der Waals surface area contributed by atoms with E-state index >= 15 is 0 Å². The fourth-order valence-corrected chi connectivity index (χ4v) is 4.25. The van der Waals surface area contributed by atoms with Gasteiger partial charge in [-0.3, -0.25) is 9.88 Å².